The van der Waals surface area contributed by atoms with Gasteiger partial charge in [-0.3, -0.25) is 5.41 Å². The van der Waals surface area contributed by atoms with Gasteiger partial charge in [0, 0.05) is 19.7 Å². The molecule has 2 aliphatic rings. The molecule has 0 unspecified atom stereocenters. The van der Waals surface area contributed by atoms with E-state index in [1.165, 1.54) is 12.8 Å². The second-order valence-corrected chi connectivity index (χ2v) is 4.05. The Hall–Kier alpha value is -0.770. The van der Waals surface area contributed by atoms with Gasteiger partial charge >= 0.3 is 0 Å². The van der Waals surface area contributed by atoms with Crippen molar-refractivity contribution in [1.29, 1.82) is 5.41 Å². The Balaban J connectivity index is 1.98. The molecule has 3 N–H and O–H groups in total. The van der Waals surface area contributed by atoms with E-state index in [0.717, 1.165) is 32.5 Å². The fraction of sp³-hybridized carbons (Fsp3) is 0.889. The lowest BCUT2D eigenvalue weighted by Crippen LogP contribution is -2.42. The fourth-order valence-electron chi connectivity index (χ4n) is 2.28. The summed E-state index contributed by atoms with van der Waals surface area (Å²) in [6, 6.07) is 0. The first kappa shape index (κ1) is 8.81. The number of nitrogens with one attached hydrogen (secondary N) is 1. The van der Waals surface area contributed by atoms with Gasteiger partial charge in [-0.15, -0.1) is 0 Å². The van der Waals surface area contributed by atoms with Gasteiger partial charge in [-0.1, -0.05) is 0 Å². The van der Waals surface area contributed by atoms with E-state index in [4.69, 9.17) is 15.9 Å². The molecule has 0 aromatic carbocycles. The average Bonchev–Trinajstić information content (AvgIpc) is 2.51. The maximum atomic E-state index is 7.34. The summed E-state index contributed by atoms with van der Waals surface area (Å²) in [5.41, 5.74) is 5.47. The van der Waals surface area contributed by atoms with E-state index in [-0.39, 0.29) is 11.6 Å². The lowest BCUT2D eigenvalue weighted by Gasteiger charge is -2.33. The Kier molecular flexibility index (Phi) is 2.15. The van der Waals surface area contributed by atoms with Crippen molar-refractivity contribution in [3.63, 3.8) is 0 Å². The van der Waals surface area contributed by atoms with Crippen LogP contribution in [0.1, 0.15) is 25.7 Å². The van der Waals surface area contributed by atoms with Crippen molar-refractivity contribution >= 4 is 5.96 Å². The molecule has 2 fully saturated rings. The molecule has 0 saturated carbocycles. The van der Waals surface area contributed by atoms with Crippen molar-refractivity contribution in [2.24, 2.45) is 5.73 Å². The molecular weight excluding hydrogens is 166 g/mol. The summed E-state index contributed by atoms with van der Waals surface area (Å²) < 4.78 is 5.81. The summed E-state index contributed by atoms with van der Waals surface area (Å²) >= 11 is 0. The molecule has 0 aromatic rings. The summed E-state index contributed by atoms with van der Waals surface area (Å²) in [4.78, 5) is 1.91. The van der Waals surface area contributed by atoms with Crippen LogP contribution in [-0.2, 0) is 4.74 Å². The molecule has 2 saturated heterocycles. The summed E-state index contributed by atoms with van der Waals surface area (Å²) in [5.74, 6) is 0.186. The minimum Gasteiger partial charge on any atom is -0.373 e. The van der Waals surface area contributed by atoms with Crippen LogP contribution in [0.3, 0.4) is 0 Å². The molecule has 1 spiro atoms. The van der Waals surface area contributed by atoms with E-state index in [1.54, 1.807) is 0 Å². The van der Waals surface area contributed by atoms with Gasteiger partial charge in [0.25, 0.3) is 0 Å². The summed E-state index contributed by atoms with van der Waals surface area (Å²) in [6.07, 6.45) is 4.61. The monoisotopic (exact) mass is 183 g/mol. The van der Waals surface area contributed by atoms with E-state index >= 15 is 0 Å². The largest absolute Gasteiger partial charge is 0.373 e. The third-order valence-electron chi connectivity index (χ3n) is 3.09. The Morgan fingerprint density at radius 3 is 2.77 bits per heavy atom. The van der Waals surface area contributed by atoms with Gasteiger partial charge in [-0.25, -0.2) is 0 Å². The third-order valence-corrected chi connectivity index (χ3v) is 3.09. The molecule has 0 radical (unpaired) electrons. The Labute approximate surface area is 78.5 Å². The summed E-state index contributed by atoms with van der Waals surface area (Å²) in [6.45, 7) is 2.59. The lowest BCUT2D eigenvalue weighted by molar-refractivity contribution is -0.0669. The molecule has 4 nitrogen and oxygen atoms in total. The highest BCUT2D eigenvalue weighted by Gasteiger charge is 2.40. The van der Waals surface area contributed by atoms with Crippen LogP contribution in [-0.4, -0.2) is 36.2 Å². The standard InChI is InChI=1S/C9H17N3O/c10-8(11)12-5-4-9(7-12)3-1-2-6-13-9/h1-7H2,(H3,10,11)/t9-/m1/s1. The molecule has 1 atom stereocenters. The zero-order valence-electron chi connectivity index (χ0n) is 7.88. The molecule has 0 aliphatic carbocycles. The number of ether oxygens (including phenoxy) is 1. The molecule has 4 heteroatoms. The molecule has 2 aliphatic heterocycles. The molecule has 0 amide bonds. The SMILES string of the molecule is N=C(N)N1CC[C@]2(CCCCO2)C1. The fourth-order valence-corrected chi connectivity index (χ4v) is 2.28. The predicted molar refractivity (Wildman–Crippen MR) is 50.6 cm³/mol. The number of nitrogens with zero attached hydrogens (tertiary/aromatic N) is 1. The zero-order chi connectivity index (χ0) is 9.31. The normalized spacial score (nSPS) is 34.0. The van der Waals surface area contributed by atoms with Crippen molar-refractivity contribution in [3.05, 3.63) is 0 Å². The maximum Gasteiger partial charge on any atom is 0.188 e. The van der Waals surface area contributed by atoms with Gasteiger partial charge in [0.2, 0.25) is 0 Å². The van der Waals surface area contributed by atoms with E-state index in [2.05, 4.69) is 0 Å². The van der Waals surface area contributed by atoms with Crippen molar-refractivity contribution in [2.75, 3.05) is 19.7 Å². The van der Waals surface area contributed by atoms with Crippen molar-refractivity contribution in [1.82, 2.24) is 4.90 Å². The van der Waals surface area contributed by atoms with E-state index in [0.29, 0.717) is 0 Å². The number of guanidine groups is 1. The molecular formula is C9H17N3O. The minimum absolute atomic E-state index is 0.0317. The number of hydrogen-bond donors (Lipinski definition) is 2. The smallest absolute Gasteiger partial charge is 0.188 e. The number of nitrogens with two attached hydrogens (primary N) is 1. The van der Waals surface area contributed by atoms with Gasteiger partial charge < -0.3 is 15.4 Å². The first-order valence-electron chi connectivity index (χ1n) is 4.95. The van der Waals surface area contributed by atoms with Crippen molar-refractivity contribution in [3.8, 4) is 0 Å². The topological polar surface area (TPSA) is 62.3 Å². The van der Waals surface area contributed by atoms with Gasteiger partial charge in [0.1, 0.15) is 0 Å². The summed E-state index contributed by atoms with van der Waals surface area (Å²) in [7, 11) is 0. The van der Waals surface area contributed by atoms with Gasteiger partial charge in [-0.05, 0) is 25.7 Å². The quantitative estimate of drug-likeness (QED) is 0.425. The number of likely N-dealkylation sites (tertiary alicyclic amines) is 1. The molecule has 74 valence electrons. The molecule has 0 bridgehead atoms. The lowest BCUT2D eigenvalue weighted by atomic mass is 9.93. The molecule has 2 heterocycles. The van der Waals surface area contributed by atoms with Gasteiger partial charge in [0.05, 0.1) is 5.60 Å². The van der Waals surface area contributed by atoms with Gasteiger partial charge in [0.15, 0.2) is 5.96 Å². The Morgan fingerprint density at radius 2 is 2.23 bits per heavy atom. The van der Waals surface area contributed by atoms with Crippen LogP contribution in [0.15, 0.2) is 0 Å². The average molecular weight is 183 g/mol. The van der Waals surface area contributed by atoms with E-state index in [1.807, 2.05) is 4.90 Å². The second kappa shape index (κ2) is 3.18. The second-order valence-electron chi connectivity index (χ2n) is 4.05. The zero-order valence-corrected chi connectivity index (χ0v) is 7.88. The highest BCUT2D eigenvalue weighted by molar-refractivity contribution is 5.75. The predicted octanol–water partition coefficient (Wildman–Crippen LogP) is 0.525. The van der Waals surface area contributed by atoms with Gasteiger partial charge in [-0.2, -0.15) is 0 Å². The number of hydrogen-bond acceptors (Lipinski definition) is 2. The number of rotatable bonds is 0. The third kappa shape index (κ3) is 1.63. The minimum atomic E-state index is 0.0317. The van der Waals surface area contributed by atoms with E-state index in [9.17, 15) is 0 Å². The molecule has 2 rings (SSSR count). The highest BCUT2D eigenvalue weighted by atomic mass is 16.5. The highest BCUT2D eigenvalue weighted by Crippen LogP contribution is 2.33. The molecule has 0 aromatic heterocycles. The van der Waals surface area contributed by atoms with E-state index < -0.39 is 0 Å². The van der Waals surface area contributed by atoms with Crippen LogP contribution in [0.25, 0.3) is 0 Å². The van der Waals surface area contributed by atoms with Crippen LogP contribution in [0.5, 0.6) is 0 Å². The maximum absolute atomic E-state index is 7.34. The van der Waals surface area contributed by atoms with Crippen LogP contribution in [0.4, 0.5) is 0 Å². The van der Waals surface area contributed by atoms with Crippen molar-refractivity contribution < 1.29 is 4.74 Å². The van der Waals surface area contributed by atoms with Crippen LogP contribution >= 0.6 is 0 Å². The van der Waals surface area contributed by atoms with Crippen molar-refractivity contribution in [2.45, 2.75) is 31.3 Å². The summed E-state index contributed by atoms with van der Waals surface area (Å²) in [5, 5.41) is 7.34. The first-order chi connectivity index (χ1) is 6.22. The first-order valence-corrected chi connectivity index (χ1v) is 4.95. The Bertz CT molecular complexity index is 211. The van der Waals surface area contributed by atoms with Crippen LogP contribution in [0, 0.1) is 5.41 Å². The van der Waals surface area contributed by atoms with Crippen LogP contribution < -0.4 is 5.73 Å². The molecule has 13 heavy (non-hydrogen) atoms. The Morgan fingerprint density at radius 1 is 1.38 bits per heavy atom. The van der Waals surface area contributed by atoms with Crippen LogP contribution in [0.2, 0.25) is 0 Å².